The Hall–Kier alpha value is -3.55. The largest absolute Gasteiger partial charge is 0.493 e. The van der Waals surface area contributed by atoms with Gasteiger partial charge in [0.25, 0.3) is 5.91 Å². The number of anilines is 2. The summed E-state index contributed by atoms with van der Waals surface area (Å²) in [4.78, 5) is 37.9. The van der Waals surface area contributed by atoms with Gasteiger partial charge in [-0.05, 0) is 36.4 Å². The normalized spacial score (nSPS) is 16.1. The minimum Gasteiger partial charge on any atom is -0.493 e. The van der Waals surface area contributed by atoms with Crippen molar-refractivity contribution in [2.45, 2.75) is 12.5 Å². The molecule has 8 heteroatoms. The summed E-state index contributed by atoms with van der Waals surface area (Å²) in [5.41, 5.74) is 1.43. The highest BCUT2D eigenvalue weighted by atomic mass is 16.5. The lowest BCUT2D eigenvalue weighted by Gasteiger charge is -2.18. The molecule has 1 saturated heterocycles. The van der Waals surface area contributed by atoms with Gasteiger partial charge in [-0.2, -0.15) is 0 Å². The number of nitrogens with zero attached hydrogens (tertiary/aromatic N) is 1. The van der Waals surface area contributed by atoms with Crippen molar-refractivity contribution in [1.82, 2.24) is 0 Å². The average Bonchev–Trinajstić information content (AvgIpc) is 3.00. The quantitative estimate of drug-likeness (QED) is 0.603. The smallest absolute Gasteiger partial charge is 0.337 e. The summed E-state index contributed by atoms with van der Waals surface area (Å²) in [5, 5.41) is 3.04. The highest BCUT2D eigenvalue weighted by Crippen LogP contribution is 2.34. The first-order valence-electron chi connectivity index (χ1n) is 8.52. The van der Waals surface area contributed by atoms with Gasteiger partial charge in [-0.3, -0.25) is 9.59 Å². The number of amides is 2. The van der Waals surface area contributed by atoms with Crippen LogP contribution in [0.5, 0.6) is 11.5 Å². The first-order valence-corrected chi connectivity index (χ1v) is 8.52. The van der Waals surface area contributed by atoms with Gasteiger partial charge in [0.1, 0.15) is 6.04 Å². The standard InChI is InChI=1S/C20H20N2O6/c1-26-16-9-8-14(10-17(16)27-2)22-18(23)11-15(19(22)24)21-13-6-4-12(5-7-13)20(25)28-3/h4-10,15,21H,11H2,1-3H3/t15-/m0/s1. The first-order chi connectivity index (χ1) is 13.5. The van der Waals surface area contributed by atoms with Crippen LogP contribution >= 0.6 is 0 Å². The van der Waals surface area contributed by atoms with Crippen LogP contribution in [0.25, 0.3) is 0 Å². The number of hydrogen-bond donors (Lipinski definition) is 1. The number of rotatable bonds is 6. The first kappa shape index (κ1) is 19.2. The Labute approximate surface area is 162 Å². The van der Waals surface area contributed by atoms with Crippen LogP contribution in [-0.4, -0.2) is 45.2 Å². The molecule has 2 aromatic carbocycles. The van der Waals surface area contributed by atoms with Gasteiger partial charge >= 0.3 is 5.97 Å². The van der Waals surface area contributed by atoms with Crippen LogP contribution in [0, 0.1) is 0 Å². The van der Waals surface area contributed by atoms with E-state index < -0.39 is 12.0 Å². The van der Waals surface area contributed by atoms with Crippen LogP contribution in [0.4, 0.5) is 11.4 Å². The van der Waals surface area contributed by atoms with E-state index in [4.69, 9.17) is 9.47 Å². The van der Waals surface area contributed by atoms with Gasteiger partial charge in [0.2, 0.25) is 5.91 Å². The average molecular weight is 384 g/mol. The van der Waals surface area contributed by atoms with Crippen molar-refractivity contribution < 1.29 is 28.6 Å². The summed E-state index contributed by atoms with van der Waals surface area (Å²) >= 11 is 0. The van der Waals surface area contributed by atoms with Crippen molar-refractivity contribution >= 4 is 29.2 Å². The number of benzene rings is 2. The topological polar surface area (TPSA) is 94.2 Å². The molecule has 0 saturated carbocycles. The van der Waals surface area contributed by atoms with Gasteiger partial charge in [0.15, 0.2) is 11.5 Å². The third-order valence-electron chi connectivity index (χ3n) is 4.42. The Morgan fingerprint density at radius 1 is 1.00 bits per heavy atom. The Kier molecular flexibility index (Phi) is 5.49. The van der Waals surface area contributed by atoms with E-state index >= 15 is 0 Å². The Morgan fingerprint density at radius 3 is 2.29 bits per heavy atom. The highest BCUT2D eigenvalue weighted by Gasteiger charge is 2.39. The van der Waals surface area contributed by atoms with Crippen LogP contribution in [-0.2, 0) is 14.3 Å². The van der Waals surface area contributed by atoms with Crippen molar-refractivity contribution in [3.63, 3.8) is 0 Å². The number of esters is 1. The van der Waals surface area contributed by atoms with E-state index in [-0.39, 0.29) is 18.2 Å². The van der Waals surface area contributed by atoms with Gasteiger partial charge in [0.05, 0.1) is 39.0 Å². The number of carbonyl (C=O) groups is 3. The maximum Gasteiger partial charge on any atom is 0.337 e. The number of imide groups is 1. The molecule has 1 atom stereocenters. The molecule has 0 radical (unpaired) electrons. The van der Waals surface area contributed by atoms with Crippen molar-refractivity contribution in [2.75, 3.05) is 31.5 Å². The maximum atomic E-state index is 12.8. The molecule has 146 valence electrons. The number of nitrogens with one attached hydrogen (secondary N) is 1. The minimum absolute atomic E-state index is 0.0198. The number of methoxy groups -OCH3 is 3. The van der Waals surface area contributed by atoms with Gasteiger partial charge in [0, 0.05) is 11.8 Å². The summed E-state index contributed by atoms with van der Waals surface area (Å²) in [6, 6.07) is 10.6. The molecule has 1 aliphatic rings. The molecule has 0 unspecified atom stereocenters. The monoisotopic (exact) mass is 384 g/mol. The molecule has 8 nitrogen and oxygen atoms in total. The zero-order valence-electron chi connectivity index (χ0n) is 15.7. The lowest BCUT2D eigenvalue weighted by molar-refractivity contribution is -0.121. The predicted octanol–water partition coefficient (Wildman–Crippen LogP) is 2.23. The molecular formula is C20H20N2O6. The molecule has 2 amide bonds. The Morgan fingerprint density at radius 2 is 1.68 bits per heavy atom. The number of hydrogen-bond acceptors (Lipinski definition) is 7. The second-order valence-electron chi connectivity index (χ2n) is 6.08. The summed E-state index contributed by atoms with van der Waals surface area (Å²) < 4.78 is 15.1. The van der Waals surface area contributed by atoms with E-state index in [9.17, 15) is 14.4 Å². The van der Waals surface area contributed by atoms with Crippen LogP contribution in [0.15, 0.2) is 42.5 Å². The van der Waals surface area contributed by atoms with Crippen LogP contribution in [0.3, 0.4) is 0 Å². The lowest BCUT2D eigenvalue weighted by atomic mass is 10.2. The molecule has 0 aliphatic carbocycles. The molecule has 1 aliphatic heterocycles. The van der Waals surface area contributed by atoms with Gasteiger partial charge in [-0.1, -0.05) is 0 Å². The second kappa shape index (κ2) is 7.99. The van der Waals surface area contributed by atoms with Crippen LogP contribution in [0.1, 0.15) is 16.8 Å². The molecule has 28 heavy (non-hydrogen) atoms. The molecular weight excluding hydrogens is 364 g/mol. The zero-order chi connectivity index (χ0) is 20.3. The minimum atomic E-state index is -0.704. The molecule has 0 aromatic heterocycles. The van der Waals surface area contributed by atoms with Crippen LogP contribution in [0.2, 0.25) is 0 Å². The van der Waals surface area contributed by atoms with Gasteiger partial charge in [-0.15, -0.1) is 0 Å². The van der Waals surface area contributed by atoms with E-state index in [2.05, 4.69) is 10.1 Å². The van der Waals surface area contributed by atoms with Crippen molar-refractivity contribution in [1.29, 1.82) is 0 Å². The van der Waals surface area contributed by atoms with E-state index in [0.29, 0.717) is 28.4 Å². The van der Waals surface area contributed by atoms with Crippen molar-refractivity contribution in [3.05, 3.63) is 48.0 Å². The van der Waals surface area contributed by atoms with E-state index in [0.717, 1.165) is 4.90 Å². The molecule has 3 rings (SSSR count). The molecule has 1 fully saturated rings. The SMILES string of the molecule is COC(=O)c1ccc(N[C@H]2CC(=O)N(c3ccc(OC)c(OC)c3)C2=O)cc1. The predicted molar refractivity (Wildman–Crippen MR) is 102 cm³/mol. The van der Waals surface area contributed by atoms with Gasteiger partial charge in [-0.25, -0.2) is 9.69 Å². The zero-order valence-corrected chi connectivity index (χ0v) is 15.7. The van der Waals surface area contributed by atoms with E-state index in [1.165, 1.54) is 21.3 Å². The fraction of sp³-hybridized carbons (Fsp3) is 0.250. The van der Waals surface area contributed by atoms with Crippen molar-refractivity contribution in [2.24, 2.45) is 0 Å². The van der Waals surface area contributed by atoms with E-state index in [1.54, 1.807) is 42.5 Å². The lowest BCUT2D eigenvalue weighted by Crippen LogP contribution is -2.34. The molecule has 0 bridgehead atoms. The summed E-state index contributed by atoms with van der Waals surface area (Å²) in [7, 11) is 4.30. The maximum absolute atomic E-state index is 12.8. The Bertz CT molecular complexity index is 909. The molecule has 1 heterocycles. The summed E-state index contributed by atoms with van der Waals surface area (Å²) in [6.45, 7) is 0. The number of carbonyl (C=O) groups excluding carboxylic acids is 3. The Balaban J connectivity index is 1.77. The van der Waals surface area contributed by atoms with Gasteiger partial charge < -0.3 is 19.5 Å². The fourth-order valence-corrected chi connectivity index (χ4v) is 3.00. The van der Waals surface area contributed by atoms with Crippen LogP contribution < -0.4 is 19.7 Å². The summed E-state index contributed by atoms with van der Waals surface area (Å²) in [5.74, 6) is -0.199. The van der Waals surface area contributed by atoms with Crippen molar-refractivity contribution in [3.8, 4) is 11.5 Å². The molecule has 0 spiro atoms. The molecule has 1 N–H and O–H groups in total. The number of ether oxygens (including phenoxy) is 3. The highest BCUT2D eigenvalue weighted by molar-refractivity contribution is 6.23. The summed E-state index contributed by atoms with van der Waals surface area (Å²) in [6.07, 6.45) is 0.0198. The fourth-order valence-electron chi connectivity index (χ4n) is 3.00. The molecule has 2 aromatic rings. The third-order valence-corrected chi connectivity index (χ3v) is 4.42. The van der Waals surface area contributed by atoms with E-state index in [1.807, 2.05) is 0 Å². The third kappa shape index (κ3) is 3.62. The second-order valence-corrected chi connectivity index (χ2v) is 6.08.